The van der Waals surface area contributed by atoms with Crippen molar-refractivity contribution in [2.75, 3.05) is 0 Å². The third-order valence-corrected chi connectivity index (χ3v) is 4.01. The standard InChI is InChI=1S/C17H14N2O2S/c1-11-7-8-14(20)13(9-11)18-17-19-16(21)15(22-17)10-12-5-3-2-4-6-12/h2-10,20H,1H3,(H,18,19,21)/b15-10-. The zero-order chi connectivity index (χ0) is 15.5. The lowest BCUT2D eigenvalue weighted by Crippen LogP contribution is -2.19. The van der Waals surface area contributed by atoms with E-state index in [2.05, 4.69) is 10.3 Å². The van der Waals surface area contributed by atoms with E-state index in [1.165, 1.54) is 11.8 Å². The summed E-state index contributed by atoms with van der Waals surface area (Å²) in [5, 5.41) is 13.0. The van der Waals surface area contributed by atoms with E-state index in [1.54, 1.807) is 18.2 Å². The molecule has 1 aliphatic rings. The fourth-order valence-electron chi connectivity index (χ4n) is 2.01. The van der Waals surface area contributed by atoms with E-state index < -0.39 is 0 Å². The Morgan fingerprint density at radius 1 is 1.18 bits per heavy atom. The van der Waals surface area contributed by atoms with Gasteiger partial charge in [0, 0.05) is 0 Å². The number of nitrogens with zero attached hydrogens (tertiary/aromatic N) is 1. The van der Waals surface area contributed by atoms with Crippen LogP contribution in [0.15, 0.2) is 58.4 Å². The Labute approximate surface area is 132 Å². The van der Waals surface area contributed by atoms with Crippen molar-refractivity contribution in [3.8, 4) is 5.75 Å². The van der Waals surface area contributed by atoms with E-state index in [0.29, 0.717) is 15.8 Å². The minimum Gasteiger partial charge on any atom is -0.506 e. The number of phenols is 1. The summed E-state index contributed by atoms with van der Waals surface area (Å²) in [6.07, 6.45) is 1.82. The van der Waals surface area contributed by atoms with Crippen LogP contribution in [0.4, 0.5) is 5.69 Å². The molecule has 0 aromatic heterocycles. The second-order valence-corrected chi connectivity index (χ2v) is 5.92. The topological polar surface area (TPSA) is 61.7 Å². The van der Waals surface area contributed by atoms with Crippen molar-refractivity contribution in [2.24, 2.45) is 4.99 Å². The van der Waals surface area contributed by atoms with Crippen LogP contribution in [0.5, 0.6) is 5.75 Å². The lowest BCUT2D eigenvalue weighted by atomic mass is 10.2. The Hall–Kier alpha value is -2.53. The summed E-state index contributed by atoms with van der Waals surface area (Å²) >= 11 is 1.26. The summed E-state index contributed by atoms with van der Waals surface area (Å²) in [7, 11) is 0. The maximum absolute atomic E-state index is 12.0. The van der Waals surface area contributed by atoms with Crippen molar-refractivity contribution in [3.63, 3.8) is 0 Å². The maximum Gasteiger partial charge on any atom is 0.264 e. The third kappa shape index (κ3) is 3.20. The monoisotopic (exact) mass is 310 g/mol. The van der Waals surface area contributed by atoms with Gasteiger partial charge in [-0.15, -0.1) is 0 Å². The van der Waals surface area contributed by atoms with Gasteiger partial charge in [0.15, 0.2) is 5.17 Å². The van der Waals surface area contributed by atoms with Crippen LogP contribution in [0.3, 0.4) is 0 Å². The number of hydrogen-bond donors (Lipinski definition) is 2. The quantitative estimate of drug-likeness (QED) is 0.833. The molecule has 2 aromatic carbocycles. The number of rotatable bonds is 2. The molecule has 0 aliphatic carbocycles. The van der Waals surface area contributed by atoms with E-state index in [1.807, 2.05) is 43.3 Å². The first-order valence-corrected chi connectivity index (χ1v) is 7.58. The molecule has 2 aromatic rings. The molecule has 0 bridgehead atoms. The smallest absolute Gasteiger partial charge is 0.264 e. The normalized spacial score (nSPS) is 18.0. The molecule has 1 fully saturated rings. The number of hydrogen-bond acceptors (Lipinski definition) is 4. The van der Waals surface area contributed by atoms with Crippen molar-refractivity contribution < 1.29 is 9.90 Å². The summed E-state index contributed by atoms with van der Waals surface area (Å²) in [6, 6.07) is 14.8. The molecule has 0 radical (unpaired) electrons. The Morgan fingerprint density at radius 2 is 1.95 bits per heavy atom. The fraction of sp³-hybridized carbons (Fsp3) is 0.0588. The zero-order valence-electron chi connectivity index (χ0n) is 11.9. The van der Waals surface area contributed by atoms with Crippen LogP contribution in [0.2, 0.25) is 0 Å². The van der Waals surface area contributed by atoms with E-state index in [0.717, 1.165) is 11.1 Å². The van der Waals surface area contributed by atoms with Gasteiger partial charge >= 0.3 is 0 Å². The zero-order valence-corrected chi connectivity index (χ0v) is 12.7. The van der Waals surface area contributed by atoms with Crippen molar-refractivity contribution in [3.05, 3.63) is 64.6 Å². The highest BCUT2D eigenvalue weighted by molar-refractivity contribution is 8.18. The number of thioether (sulfide) groups is 1. The third-order valence-electron chi connectivity index (χ3n) is 3.10. The Kier molecular flexibility index (Phi) is 3.98. The highest BCUT2D eigenvalue weighted by Gasteiger charge is 2.24. The molecule has 2 N–H and O–H groups in total. The van der Waals surface area contributed by atoms with Crippen molar-refractivity contribution in [2.45, 2.75) is 6.92 Å². The molecule has 1 saturated heterocycles. The lowest BCUT2D eigenvalue weighted by molar-refractivity contribution is -0.115. The minimum absolute atomic E-state index is 0.0911. The number of amidine groups is 1. The largest absolute Gasteiger partial charge is 0.506 e. The Morgan fingerprint density at radius 3 is 2.73 bits per heavy atom. The number of aromatic hydroxyl groups is 1. The van der Waals surface area contributed by atoms with Gasteiger partial charge in [-0.25, -0.2) is 4.99 Å². The molecule has 0 atom stereocenters. The van der Waals surface area contributed by atoms with Gasteiger partial charge < -0.3 is 10.4 Å². The average molecular weight is 310 g/mol. The fourth-order valence-corrected chi connectivity index (χ4v) is 2.85. The number of amides is 1. The number of aryl methyl sites for hydroxylation is 1. The van der Waals surface area contributed by atoms with Gasteiger partial charge in [0.2, 0.25) is 0 Å². The predicted octanol–water partition coefficient (Wildman–Crippen LogP) is 3.59. The van der Waals surface area contributed by atoms with Crippen LogP contribution < -0.4 is 5.32 Å². The van der Waals surface area contributed by atoms with Crippen molar-refractivity contribution in [1.29, 1.82) is 0 Å². The Bertz CT molecular complexity index is 783. The van der Waals surface area contributed by atoms with Gasteiger partial charge in [0.25, 0.3) is 5.91 Å². The molecule has 22 heavy (non-hydrogen) atoms. The average Bonchev–Trinajstić information content (AvgIpc) is 2.84. The minimum atomic E-state index is -0.181. The van der Waals surface area contributed by atoms with Crippen LogP contribution >= 0.6 is 11.8 Å². The lowest BCUT2D eigenvalue weighted by Gasteiger charge is -2.01. The summed E-state index contributed by atoms with van der Waals surface area (Å²) in [5.41, 5.74) is 2.40. The molecule has 1 heterocycles. The number of aliphatic imine (C=N–C) groups is 1. The summed E-state index contributed by atoms with van der Waals surface area (Å²) in [5.74, 6) is -0.0896. The van der Waals surface area contributed by atoms with Crippen LogP contribution in [0.1, 0.15) is 11.1 Å². The van der Waals surface area contributed by atoms with Gasteiger partial charge in [-0.1, -0.05) is 36.4 Å². The van der Waals surface area contributed by atoms with Gasteiger partial charge in [0.05, 0.1) is 4.91 Å². The molecule has 110 valence electrons. The predicted molar refractivity (Wildman–Crippen MR) is 90.1 cm³/mol. The van der Waals surface area contributed by atoms with Crippen LogP contribution in [-0.2, 0) is 4.79 Å². The number of nitrogens with one attached hydrogen (secondary N) is 1. The molecule has 4 nitrogen and oxygen atoms in total. The summed E-state index contributed by atoms with van der Waals surface area (Å²) in [4.78, 5) is 16.9. The van der Waals surface area contributed by atoms with Gasteiger partial charge in [-0.2, -0.15) is 0 Å². The number of benzene rings is 2. The number of carbonyl (C=O) groups is 1. The molecule has 0 saturated carbocycles. The van der Waals surface area contributed by atoms with Crippen molar-refractivity contribution in [1.82, 2.24) is 5.32 Å². The SMILES string of the molecule is Cc1ccc(O)c(N=C2NC(=O)/C(=C/c3ccccc3)S2)c1. The first-order valence-electron chi connectivity index (χ1n) is 6.76. The highest BCUT2D eigenvalue weighted by Crippen LogP contribution is 2.32. The maximum atomic E-state index is 12.0. The molecule has 3 rings (SSSR count). The number of phenolic OH excluding ortho intramolecular Hbond substituents is 1. The van der Waals surface area contributed by atoms with E-state index in [4.69, 9.17) is 0 Å². The van der Waals surface area contributed by atoms with E-state index >= 15 is 0 Å². The molecule has 5 heteroatoms. The first kappa shape index (κ1) is 14.4. The second kappa shape index (κ2) is 6.07. The molecule has 0 unspecified atom stereocenters. The van der Waals surface area contributed by atoms with E-state index in [9.17, 15) is 9.90 Å². The molecular weight excluding hydrogens is 296 g/mol. The van der Waals surface area contributed by atoms with Crippen molar-refractivity contribution >= 4 is 34.6 Å². The first-order chi connectivity index (χ1) is 10.6. The molecule has 0 spiro atoms. The molecule has 1 amide bonds. The van der Waals surface area contributed by atoms with Gasteiger partial charge in [0.1, 0.15) is 11.4 Å². The highest BCUT2D eigenvalue weighted by atomic mass is 32.2. The second-order valence-electron chi connectivity index (χ2n) is 4.88. The van der Waals surface area contributed by atoms with Crippen LogP contribution in [-0.4, -0.2) is 16.2 Å². The number of carbonyl (C=O) groups excluding carboxylic acids is 1. The van der Waals surface area contributed by atoms with E-state index in [-0.39, 0.29) is 11.7 Å². The van der Waals surface area contributed by atoms with Crippen LogP contribution in [0.25, 0.3) is 6.08 Å². The van der Waals surface area contributed by atoms with Gasteiger partial charge in [-0.05, 0) is 48.0 Å². The summed E-state index contributed by atoms with van der Waals surface area (Å²) < 4.78 is 0. The Balaban J connectivity index is 1.87. The molecular formula is C17H14N2O2S. The molecule has 1 aliphatic heterocycles. The van der Waals surface area contributed by atoms with Crippen LogP contribution in [0, 0.1) is 6.92 Å². The van der Waals surface area contributed by atoms with Gasteiger partial charge in [-0.3, -0.25) is 4.79 Å². The summed E-state index contributed by atoms with van der Waals surface area (Å²) in [6.45, 7) is 1.92.